The number of nitrogens with zero attached hydrogens (tertiary/aromatic N) is 3. The number of anilines is 1. The summed E-state index contributed by atoms with van der Waals surface area (Å²) in [4.78, 5) is 35.9. The smallest absolute Gasteiger partial charge is 0.414 e. The van der Waals surface area contributed by atoms with Crippen LogP contribution < -0.4 is 10.6 Å². The van der Waals surface area contributed by atoms with Gasteiger partial charge in [0.25, 0.3) is 0 Å². The molecule has 9 nitrogen and oxygen atoms in total. The highest BCUT2D eigenvalue weighted by Crippen LogP contribution is 2.29. The molecule has 0 radical (unpaired) electrons. The molecule has 1 saturated heterocycles. The summed E-state index contributed by atoms with van der Waals surface area (Å²) in [5.74, 6) is -1.87. The summed E-state index contributed by atoms with van der Waals surface area (Å²) in [6, 6.07) is 10.6. The number of ether oxygens (including phenoxy) is 1. The van der Waals surface area contributed by atoms with Gasteiger partial charge < -0.3 is 15.6 Å². The van der Waals surface area contributed by atoms with Crippen LogP contribution >= 0.6 is 0 Å². The highest BCUT2D eigenvalue weighted by molar-refractivity contribution is 5.92. The van der Waals surface area contributed by atoms with Crippen LogP contribution in [-0.2, 0) is 16.1 Å². The van der Waals surface area contributed by atoms with Crippen molar-refractivity contribution >= 4 is 23.5 Å². The van der Waals surface area contributed by atoms with Gasteiger partial charge in [-0.3, -0.25) is 14.4 Å². The molecule has 33 heavy (non-hydrogen) atoms. The molecule has 3 aromatic rings. The molecular weight excluding hydrogens is 431 g/mol. The van der Waals surface area contributed by atoms with Crippen molar-refractivity contribution in [3.63, 3.8) is 0 Å². The number of benzene rings is 2. The first-order chi connectivity index (χ1) is 15.7. The number of halogens is 1. The molecule has 10 heteroatoms. The maximum absolute atomic E-state index is 14.9. The van der Waals surface area contributed by atoms with Gasteiger partial charge in [-0.05, 0) is 36.2 Å². The van der Waals surface area contributed by atoms with Gasteiger partial charge in [0.15, 0.2) is 0 Å². The minimum absolute atomic E-state index is 0.0596. The van der Waals surface area contributed by atoms with Gasteiger partial charge in [0.05, 0.1) is 30.5 Å². The Balaban J connectivity index is 1.48. The number of rotatable bonds is 7. The minimum atomic E-state index is -1.05. The summed E-state index contributed by atoms with van der Waals surface area (Å²) < 4.78 is 21.6. The second-order valence-electron chi connectivity index (χ2n) is 7.76. The van der Waals surface area contributed by atoms with Crippen molar-refractivity contribution in [2.45, 2.75) is 25.6 Å². The van der Waals surface area contributed by atoms with Crippen LogP contribution in [0, 0.1) is 5.82 Å². The molecule has 1 amide bonds. The van der Waals surface area contributed by atoms with Crippen molar-refractivity contribution in [2.24, 2.45) is 5.73 Å². The van der Waals surface area contributed by atoms with Gasteiger partial charge >= 0.3 is 12.1 Å². The number of ketones is 1. The van der Waals surface area contributed by atoms with E-state index >= 15 is 0 Å². The van der Waals surface area contributed by atoms with Crippen LogP contribution in [0.4, 0.5) is 14.9 Å². The van der Waals surface area contributed by atoms with E-state index in [1.54, 1.807) is 36.4 Å². The van der Waals surface area contributed by atoms with Gasteiger partial charge in [0.1, 0.15) is 23.7 Å². The van der Waals surface area contributed by atoms with Crippen molar-refractivity contribution in [2.75, 3.05) is 11.4 Å². The fourth-order valence-corrected chi connectivity index (χ4v) is 3.59. The topological polar surface area (TPSA) is 128 Å². The number of nitrogens with two attached hydrogens (primary N) is 1. The molecule has 4 rings (SSSR count). The molecule has 2 atom stereocenters. The van der Waals surface area contributed by atoms with Crippen molar-refractivity contribution in [1.29, 1.82) is 0 Å². The Morgan fingerprint density at radius 1 is 1.27 bits per heavy atom. The number of carbonyl (C=O) groups excluding carboxylic acids is 2. The first-order valence-electron chi connectivity index (χ1n) is 10.1. The normalized spacial score (nSPS) is 16.5. The van der Waals surface area contributed by atoms with E-state index in [1.165, 1.54) is 35.0 Å². The second-order valence-corrected chi connectivity index (χ2v) is 7.76. The molecule has 0 spiro atoms. The van der Waals surface area contributed by atoms with E-state index in [9.17, 15) is 18.8 Å². The number of cyclic esters (lactones) is 1. The fraction of sp³-hybridized carbons (Fsp3) is 0.217. The van der Waals surface area contributed by atoms with E-state index in [0.29, 0.717) is 23.4 Å². The van der Waals surface area contributed by atoms with E-state index in [0.717, 1.165) is 5.56 Å². The molecule has 0 saturated carbocycles. The van der Waals surface area contributed by atoms with Crippen LogP contribution in [0.25, 0.3) is 11.1 Å². The summed E-state index contributed by atoms with van der Waals surface area (Å²) in [5, 5.41) is 13.0. The molecule has 1 aromatic heterocycles. The van der Waals surface area contributed by atoms with E-state index in [4.69, 9.17) is 15.6 Å². The molecular formula is C23H21FN4O5. The molecule has 3 N–H and O–H groups in total. The molecule has 2 aromatic carbocycles. The quantitative estimate of drug-likeness (QED) is 0.564. The van der Waals surface area contributed by atoms with Gasteiger partial charge in [0, 0.05) is 11.8 Å². The van der Waals surface area contributed by atoms with Crippen LogP contribution in [-0.4, -0.2) is 51.4 Å². The summed E-state index contributed by atoms with van der Waals surface area (Å²) >= 11 is 0. The summed E-state index contributed by atoms with van der Waals surface area (Å²) in [6.45, 7) is 1.75. The lowest BCUT2D eigenvalue weighted by molar-refractivity contribution is -0.120. The van der Waals surface area contributed by atoms with Gasteiger partial charge in [-0.25, -0.2) is 14.0 Å². The average Bonchev–Trinajstić information content (AvgIpc) is 3.40. The van der Waals surface area contributed by atoms with E-state index < -0.39 is 30.0 Å². The van der Waals surface area contributed by atoms with Crippen LogP contribution in [0.15, 0.2) is 54.9 Å². The van der Waals surface area contributed by atoms with Crippen molar-refractivity contribution in [1.82, 2.24) is 9.78 Å². The molecule has 1 unspecified atom stereocenters. The number of amides is 1. The van der Waals surface area contributed by atoms with E-state index in [-0.39, 0.29) is 17.9 Å². The third-order valence-electron chi connectivity index (χ3n) is 5.46. The molecule has 1 fully saturated rings. The van der Waals surface area contributed by atoms with Crippen LogP contribution in [0.2, 0.25) is 0 Å². The number of aromatic carboxylic acids is 1. The van der Waals surface area contributed by atoms with Gasteiger partial charge in [0.2, 0.25) is 0 Å². The molecule has 0 aliphatic carbocycles. The maximum Gasteiger partial charge on any atom is 0.414 e. The third-order valence-corrected chi connectivity index (χ3v) is 5.46. The largest absolute Gasteiger partial charge is 0.478 e. The highest BCUT2D eigenvalue weighted by atomic mass is 19.1. The first-order valence-corrected chi connectivity index (χ1v) is 10.1. The van der Waals surface area contributed by atoms with Crippen LogP contribution in [0.5, 0.6) is 0 Å². The lowest BCUT2D eigenvalue weighted by Crippen LogP contribution is -2.43. The number of hydrogen-bond acceptors (Lipinski definition) is 6. The Hall–Kier alpha value is -4.05. The standard InChI is InChI=1S/C23H21FN4O5/c1-13(29)21(25)20-12-28(23(32)33-20)17-6-7-18(19(24)8-17)15-4-2-14(3-5-15)10-27-11-16(9-26-27)22(30)31/h2-9,11,20-21H,10,12,25H2,1H3,(H,30,31)/t20?,21-/m1/s1. The zero-order valence-electron chi connectivity index (χ0n) is 17.6. The predicted octanol–water partition coefficient (Wildman–Crippen LogP) is 2.68. The van der Waals surface area contributed by atoms with Gasteiger partial charge in [-0.2, -0.15) is 5.10 Å². The Bertz CT molecular complexity index is 1220. The van der Waals surface area contributed by atoms with E-state index in [2.05, 4.69) is 5.10 Å². The SMILES string of the molecule is CC(=O)[C@@H](N)C1CN(c2ccc(-c3ccc(Cn4cc(C(=O)O)cn4)cc3)c(F)c2)C(=O)O1. The average molecular weight is 452 g/mol. The highest BCUT2D eigenvalue weighted by Gasteiger charge is 2.37. The number of carboxylic acid groups (broad SMARTS) is 1. The maximum atomic E-state index is 14.9. The summed E-state index contributed by atoms with van der Waals surface area (Å²) in [7, 11) is 0. The Morgan fingerprint density at radius 2 is 2.00 bits per heavy atom. The number of Topliss-reactive ketones (excluding diaryl/α,β-unsaturated/α-hetero) is 1. The Labute approximate surface area is 188 Å². The first kappa shape index (κ1) is 22.2. The summed E-state index contributed by atoms with van der Waals surface area (Å²) in [5.41, 5.74) is 8.03. The lowest BCUT2D eigenvalue weighted by Gasteiger charge is -2.16. The lowest BCUT2D eigenvalue weighted by atomic mass is 10.0. The Kier molecular flexibility index (Phi) is 5.93. The van der Waals surface area contributed by atoms with E-state index in [1.807, 2.05) is 0 Å². The minimum Gasteiger partial charge on any atom is -0.478 e. The number of carboxylic acids is 1. The van der Waals surface area contributed by atoms with Gasteiger partial charge in [-0.15, -0.1) is 0 Å². The molecule has 2 heterocycles. The zero-order valence-corrected chi connectivity index (χ0v) is 17.6. The molecule has 1 aliphatic rings. The predicted molar refractivity (Wildman–Crippen MR) is 116 cm³/mol. The summed E-state index contributed by atoms with van der Waals surface area (Å²) in [6.07, 6.45) is 1.25. The second kappa shape index (κ2) is 8.83. The number of carbonyl (C=O) groups is 3. The number of aromatic nitrogens is 2. The monoisotopic (exact) mass is 452 g/mol. The molecule has 1 aliphatic heterocycles. The molecule has 0 bridgehead atoms. The molecule has 170 valence electrons. The zero-order chi connectivity index (χ0) is 23.7. The third kappa shape index (κ3) is 4.60. The van der Waals surface area contributed by atoms with Crippen LogP contribution in [0.3, 0.4) is 0 Å². The van der Waals surface area contributed by atoms with Crippen molar-refractivity contribution in [3.8, 4) is 11.1 Å². The van der Waals surface area contributed by atoms with Crippen molar-refractivity contribution < 1.29 is 28.6 Å². The Morgan fingerprint density at radius 3 is 2.61 bits per heavy atom. The fourth-order valence-electron chi connectivity index (χ4n) is 3.59. The van der Waals surface area contributed by atoms with Crippen LogP contribution in [0.1, 0.15) is 22.8 Å². The number of hydrogen-bond donors (Lipinski definition) is 2. The van der Waals surface area contributed by atoms with Crippen molar-refractivity contribution in [3.05, 3.63) is 71.8 Å². The van der Waals surface area contributed by atoms with Gasteiger partial charge in [-0.1, -0.05) is 24.3 Å².